The highest BCUT2D eigenvalue weighted by atomic mass is 35.5. The number of hydrogen-bond acceptors (Lipinski definition) is 2. The number of fused-ring (bicyclic) bond motifs is 1. The molecule has 0 saturated heterocycles. The second-order valence-corrected chi connectivity index (χ2v) is 6.73. The molecule has 0 saturated carbocycles. The molecular formula is C22H20ClNO. The van der Waals surface area contributed by atoms with Crippen LogP contribution in [0, 0.1) is 0 Å². The highest BCUT2D eigenvalue weighted by molar-refractivity contribution is 6.30. The second-order valence-electron chi connectivity index (χ2n) is 6.30. The first-order valence-electron chi connectivity index (χ1n) is 8.50. The van der Waals surface area contributed by atoms with Crippen molar-refractivity contribution in [3.05, 3.63) is 94.5 Å². The Morgan fingerprint density at radius 1 is 0.960 bits per heavy atom. The van der Waals surface area contributed by atoms with Gasteiger partial charge in [-0.2, -0.15) is 0 Å². The van der Waals surface area contributed by atoms with Crippen molar-refractivity contribution in [1.82, 2.24) is 0 Å². The van der Waals surface area contributed by atoms with Gasteiger partial charge in [-0.15, -0.1) is 0 Å². The van der Waals surface area contributed by atoms with Gasteiger partial charge in [-0.05, 0) is 59.5 Å². The zero-order valence-corrected chi connectivity index (χ0v) is 14.9. The number of benzene rings is 3. The molecule has 1 heterocycles. The van der Waals surface area contributed by atoms with Gasteiger partial charge in [0.25, 0.3) is 0 Å². The summed E-state index contributed by atoms with van der Waals surface area (Å²) in [6, 6.07) is 25.4. The summed E-state index contributed by atoms with van der Waals surface area (Å²) in [5.74, 6) is 0.918. The summed E-state index contributed by atoms with van der Waals surface area (Å²) in [5.41, 5.74) is 5.17. The topological polar surface area (TPSA) is 12.5 Å². The van der Waals surface area contributed by atoms with Crippen LogP contribution < -0.4 is 9.64 Å². The Balaban J connectivity index is 1.84. The van der Waals surface area contributed by atoms with Crippen molar-refractivity contribution >= 4 is 17.3 Å². The number of methoxy groups -OCH3 is 1. The Morgan fingerprint density at radius 3 is 2.44 bits per heavy atom. The second kappa shape index (κ2) is 6.81. The molecule has 0 fully saturated rings. The fourth-order valence-corrected chi connectivity index (χ4v) is 3.76. The van der Waals surface area contributed by atoms with Crippen LogP contribution in [-0.4, -0.2) is 13.7 Å². The average molecular weight is 350 g/mol. The number of hydrogen-bond donors (Lipinski definition) is 0. The Morgan fingerprint density at radius 2 is 1.72 bits per heavy atom. The van der Waals surface area contributed by atoms with Gasteiger partial charge < -0.3 is 9.64 Å². The largest absolute Gasteiger partial charge is 0.497 e. The lowest BCUT2D eigenvalue weighted by atomic mass is 9.87. The molecule has 1 aliphatic heterocycles. The molecule has 0 radical (unpaired) electrons. The third-order valence-corrected chi connectivity index (χ3v) is 5.10. The van der Waals surface area contributed by atoms with Gasteiger partial charge in [0.15, 0.2) is 0 Å². The van der Waals surface area contributed by atoms with Crippen LogP contribution >= 0.6 is 11.6 Å². The van der Waals surface area contributed by atoms with Crippen LogP contribution in [0.2, 0.25) is 5.02 Å². The highest BCUT2D eigenvalue weighted by Crippen LogP contribution is 2.39. The van der Waals surface area contributed by atoms with E-state index >= 15 is 0 Å². The number of rotatable bonds is 3. The molecule has 2 nitrogen and oxygen atoms in total. The first-order chi connectivity index (χ1) is 12.3. The summed E-state index contributed by atoms with van der Waals surface area (Å²) in [7, 11) is 1.72. The Kier molecular flexibility index (Phi) is 4.37. The van der Waals surface area contributed by atoms with Gasteiger partial charge in [-0.25, -0.2) is 0 Å². The summed E-state index contributed by atoms with van der Waals surface area (Å²) in [5, 5.41) is 0.765. The number of para-hydroxylation sites is 1. The van der Waals surface area contributed by atoms with E-state index in [1.807, 2.05) is 12.1 Å². The molecule has 0 aliphatic carbocycles. The molecule has 1 aliphatic rings. The molecule has 0 unspecified atom stereocenters. The first kappa shape index (κ1) is 16.0. The first-order valence-corrected chi connectivity index (χ1v) is 8.88. The molecule has 0 spiro atoms. The maximum Gasteiger partial charge on any atom is 0.119 e. The molecule has 126 valence electrons. The lowest BCUT2D eigenvalue weighted by molar-refractivity contribution is 0.413. The number of nitrogens with zero attached hydrogens (tertiary/aromatic N) is 1. The number of ether oxygens (including phenoxy) is 1. The summed E-state index contributed by atoms with van der Waals surface area (Å²) < 4.78 is 5.42. The van der Waals surface area contributed by atoms with Crippen molar-refractivity contribution in [2.45, 2.75) is 12.5 Å². The molecule has 0 N–H and O–H groups in total. The van der Waals surface area contributed by atoms with Crippen molar-refractivity contribution in [3.63, 3.8) is 0 Å². The predicted molar refractivity (Wildman–Crippen MR) is 104 cm³/mol. The van der Waals surface area contributed by atoms with Crippen LogP contribution in [0.3, 0.4) is 0 Å². The van der Waals surface area contributed by atoms with Crippen molar-refractivity contribution in [2.24, 2.45) is 0 Å². The van der Waals surface area contributed by atoms with Crippen LogP contribution in [-0.2, 0) is 6.42 Å². The minimum absolute atomic E-state index is 0.175. The third kappa shape index (κ3) is 3.10. The van der Waals surface area contributed by atoms with Gasteiger partial charge in [-0.3, -0.25) is 0 Å². The zero-order valence-electron chi connectivity index (χ0n) is 14.2. The molecule has 25 heavy (non-hydrogen) atoms. The standard InChI is InChI=1S/C22H20ClNO/c1-25-20-11-12-21-17(15-20)13-14-24(19-5-3-2-4-6-19)22(21)16-7-9-18(23)10-8-16/h2-12,15,22H,13-14H2,1H3/t22-/m0/s1. The normalized spacial score (nSPS) is 16.4. The van der Waals surface area contributed by atoms with Crippen LogP contribution in [0.1, 0.15) is 22.7 Å². The van der Waals surface area contributed by atoms with E-state index in [1.54, 1.807) is 7.11 Å². The molecular weight excluding hydrogens is 330 g/mol. The molecule has 0 amide bonds. The quantitative estimate of drug-likeness (QED) is 0.619. The average Bonchev–Trinajstić information content (AvgIpc) is 2.68. The minimum atomic E-state index is 0.175. The molecule has 4 rings (SSSR count). The van der Waals surface area contributed by atoms with E-state index in [4.69, 9.17) is 16.3 Å². The highest BCUT2D eigenvalue weighted by Gasteiger charge is 2.29. The van der Waals surface area contributed by atoms with Crippen LogP contribution in [0.4, 0.5) is 5.69 Å². The molecule has 0 bridgehead atoms. The van der Waals surface area contributed by atoms with Gasteiger partial charge >= 0.3 is 0 Å². The van der Waals surface area contributed by atoms with Gasteiger partial charge in [0.05, 0.1) is 13.2 Å². The maximum absolute atomic E-state index is 6.11. The van der Waals surface area contributed by atoms with E-state index in [1.165, 1.54) is 22.4 Å². The summed E-state index contributed by atoms with van der Waals surface area (Å²) >= 11 is 6.11. The van der Waals surface area contributed by atoms with Crippen molar-refractivity contribution < 1.29 is 4.74 Å². The minimum Gasteiger partial charge on any atom is -0.497 e. The number of anilines is 1. The predicted octanol–water partition coefficient (Wildman–Crippen LogP) is 5.50. The van der Waals surface area contributed by atoms with Gasteiger partial charge in [0.2, 0.25) is 0 Å². The molecule has 1 atom stereocenters. The summed E-state index contributed by atoms with van der Waals surface area (Å²) in [4.78, 5) is 2.47. The molecule has 0 aromatic heterocycles. The van der Waals surface area contributed by atoms with Gasteiger partial charge in [0.1, 0.15) is 5.75 Å². The van der Waals surface area contributed by atoms with Crippen LogP contribution in [0.25, 0.3) is 0 Å². The van der Waals surface area contributed by atoms with Crippen LogP contribution in [0.5, 0.6) is 5.75 Å². The van der Waals surface area contributed by atoms with E-state index in [9.17, 15) is 0 Å². The maximum atomic E-state index is 6.11. The van der Waals surface area contributed by atoms with E-state index in [2.05, 4.69) is 65.6 Å². The Labute approximate surface area is 153 Å². The summed E-state index contributed by atoms with van der Waals surface area (Å²) in [6.45, 7) is 0.970. The van der Waals surface area contributed by atoms with E-state index < -0.39 is 0 Å². The van der Waals surface area contributed by atoms with E-state index in [0.29, 0.717) is 0 Å². The van der Waals surface area contributed by atoms with Crippen molar-refractivity contribution in [3.8, 4) is 5.75 Å². The molecule has 3 heteroatoms. The summed E-state index contributed by atoms with van der Waals surface area (Å²) in [6.07, 6.45) is 1.01. The van der Waals surface area contributed by atoms with Crippen molar-refractivity contribution in [1.29, 1.82) is 0 Å². The lowest BCUT2D eigenvalue weighted by Gasteiger charge is -2.39. The lowest BCUT2D eigenvalue weighted by Crippen LogP contribution is -2.36. The van der Waals surface area contributed by atoms with Gasteiger partial charge in [0, 0.05) is 17.3 Å². The molecule has 3 aromatic carbocycles. The number of halogens is 1. The van der Waals surface area contributed by atoms with Crippen molar-refractivity contribution in [2.75, 3.05) is 18.6 Å². The molecule has 3 aromatic rings. The third-order valence-electron chi connectivity index (χ3n) is 4.85. The fraction of sp³-hybridized carbons (Fsp3) is 0.182. The monoisotopic (exact) mass is 349 g/mol. The van der Waals surface area contributed by atoms with E-state index in [-0.39, 0.29) is 6.04 Å². The zero-order chi connectivity index (χ0) is 17.2. The van der Waals surface area contributed by atoms with Gasteiger partial charge in [-0.1, -0.05) is 48.0 Å². The Hall–Kier alpha value is -2.45. The Bertz CT molecular complexity index is 861. The van der Waals surface area contributed by atoms with Crippen LogP contribution in [0.15, 0.2) is 72.8 Å². The fourth-order valence-electron chi connectivity index (χ4n) is 3.63. The van der Waals surface area contributed by atoms with E-state index in [0.717, 1.165) is 23.7 Å². The smallest absolute Gasteiger partial charge is 0.119 e. The SMILES string of the molecule is COc1ccc2c(c1)CCN(c1ccccc1)[C@H]2c1ccc(Cl)cc1.